The summed E-state index contributed by atoms with van der Waals surface area (Å²) in [6.07, 6.45) is 2.34. The number of aryl methyl sites for hydroxylation is 2. The number of carbonyl (C=O) groups is 1. The number of nitrogens with zero attached hydrogens (tertiary/aromatic N) is 2. The summed E-state index contributed by atoms with van der Waals surface area (Å²) < 4.78 is 0. The van der Waals surface area contributed by atoms with Crippen LogP contribution in [-0.2, 0) is 0 Å². The fraction of sp³-hybridized carbons (Fsp3) is 0.692. The highest BCUT2D eigenvalue weighted by molar-refractivity contribution is 7.13. The number of rotatable bonds is 3. The monoisotopic (exact) mass is 268 g/mol. The zero-order valence-electron chi connectivity index (χ0n) is 11.1. The van der Waals surface area contributed by atoms with Crippen LogP contribution in [-0.4, -0.2) is 39.6 Å². The number of aromatic nitrogens is 1. The van der Waals surface area contributed by atoms with Crippen molar-refractivity contribution in [3.8, 4) is 0 Å². The Morgan fingerprint density at radius 2 is 2.33 bits per heavy atom. The SMILES string of the molecule is Cc1nc(C)c(C(=O)N2CCCC2CC(C)O)s1. The molecule has 0 spiro atoms. The van der Waals surface area contributed by atoms with Crippen LogP contribution < -0.4 is 0 Å². The molecule has 2 atom stereocenters. The van der Waals surface area contributed by atoms with E-state index in [9.17, 15) is 9.90 Å². The van der Waals surface area contributed by atoms with E-state index in [2.05, 4.69) is 4.98 Å². The van der Waals surface area contributed by atoms with Crippen molar-refractivity contribution in [2.45, 2.75) is 52.2 Å². The average molecular weight is 268 g/mol. The van der Waals surface area contributed by atoms with Crippen molar-refractivity contribution in [2.75, 3.05) is 6.54 Å². The summed E-state index contributed by atoms with van der Waals surface area (Å²) in [5.41, 5.74) is 0.824. The van der Waals surface area contributed by atoms with E-state index in [4.69, 9.17) is 0 Å². The van der Waals surface area contributed by atoms with E-state index in [1.54, 1.807) is 6.92 Å². The minimum absolute atomic E-state index is 0.0845. The first kappa shape index (κ1) is 13.5. The quantitative estimate of drug-likeness (QED) is 0.913. The van der Waals surface area contributed by atoms with Crippen LogP contribution in [0.25, 0.3) is 0 Å². The molecule has 0 radical (unpaired) electrons. The second kappa shape index (κ2) is 5.36. The number of aliphatic hydroxyl groups is 1. The van der Waals surface area contributed by atoms with Crippen molar-refractivity contribution in [3.05, 3.63) is 15.6 Å². The first-order valence-corrected chi connectivity index (χ1v) is 7.23. The van der Waals surface area contributed by atoms with E-state index in [1.165, 1.54) is 11.3 Å². The van der Waals surface area contributed by atoms with Crippen LogP contribution in [0.4, 0.5) is 0 Å². The maximum Gasteiger partial charge on any atom is 0.266 e. The van der Waals surface area contributed by atoms with E-state index >= 15 is 0 Å². The maximum absolute atomic E-state index is 12.5. The minimum Gasteiger partial charge on any atom is -0.393 e. The van der Waals surface area contributed by atoms with Gasteiger partial charge in [0, 0.05) is 12.6 Å². The van der Waals surface area contributed by atoms with E-state index < -0.39 is 0 Å². The molecule has 1 saturated heterocycles. The second-order valence-corrected chi connectivity index (χ2v) is 6.23. The highest BCUT2D eigenvalue weighted by Gasteiger charge is 2.31. The van der Waals surface area contributed by atoms with Gasteiger partial charge in [-0.1, -0.05) is 0 Å². The molecule has 1 aromatic heterocycles. The Morgan fingerprint density at radius 1 is 1.61 bits per heavy atom. The maximum atomic E-state index is 12.5. The van der Waals surface area contributed by atoms with Crippen molar-refractivity contribution in [1.29, 1.82) is 0 Å². The van der Waals surface area contributed by atoms with Gasteiger partial charge >= 0.3 is 0 Å². The first-order chi connectivity index (χ1) is 8.49. The van der Waals surface area contributed by atoms with Crippen LogP contribution in [0.15, 0.2) is 0 Å². The molecule has 1 N–H and O–H groups in total. The zero-order chi connectivity index (χ0) is 13.3. The number of aliphatic hydroxyl groups excluding tert-OH is 1. The summed E-state index contributed by atoms with van der Waals surface area (Å²) in [5.74, 6) is 0.0845. The van der Waals surface area contributed by atoms with Crippen molar-refractivity contribution in [3.63, 3.8) is 0 Å². The van der Waals surface area contributed by atoms with Gasteiger partial charge in [0.2, 0.25) is 0 Å². The lowest BCUT2D eigenvalue weighted by Gasteiger charge is -2.25. The Labute approximate surface area is 112 Å². The van der Waals surface area contributed by atoms with Gasteiger partial charge < -0.3 is 10.0 Å². The topological polar surface area (TPSA) is 53.4 Å². The van der Waals surface area contributed by atoms with Crippen LogP contribution in [0.2, 0.25) is 0 Å². The number of hydrogen-bond acceptors (Lipinski definition) is 4. The number of hydrogen-bond donors (Lipinski definition) is 1. The summed E-state index contributed by atoms with van der Waals surface area (Å²) in [7, 11) is 0. The van der Waals surface area contributed by atoms with Gasteiger partial charge in [-0.05, 0) is 40.0 Å². The molecule has 5 heteroatoms. The van der Waals surface area contributed by atoms with Gasteiger partial charge in [-0.2, -0.15) is 0 Å². The van der Waals surface area contributed by atoms with Crippen molar-refractivity contribution in [1.82, 2.24) is 9.88 Å². The van der Waals surface area contributed by atoms with Gasteiger partial charge in [0.15, 0.2) is 0 Å². The van der Waals surface area contributed by atoms with Gasteiger partial charge in [-0.15, -0.1) is 11.3 Å². The number of carbonyl (C=O) groups excluding carboxylic acids is 1. The fourth-order valence-electron chi connectivity index (χ4n) is 2.60. The molecule has 1 aromatic rings. The molecule has 1 fully saturated rings. The molecular weight excluding hydrogens is 248 g/mol. The molecule has 1 aliphatic heterocycles. The average Bonchev–Trinajstić information content (AvgIpc) is 2.83. The summed E-state index contributed by atoms with van der Waals surface area (Å²) >= 11 is 1.47. The lowest BCUT2D eigenvalue weighted by Crippen LogP contribution is -2.37. The lowest BCUT2D eigenvalue weighted by molar-refractivity contribution is 0.0686. The van der Waals surface area contributed by atoms with Crippen LogP contribution in [0.3, 0.4) is 0 Å². The Kier molecular flexibility index (Phi) is 4.02. The van der Waals surface area contributed by atoms with Crippen molar-refractivity contribution >= 4 is 17.2 Å². The molecule has 0 bridgehead atoms. The molecule has 18 heavy (non-hydrogen) atoms. The van der Waals surface area contributed by atoms with Gasteiger partial charge in [-0.25, -0.2) is 4.98 Å². The molecule has 1 aliphatic rings. The van der Waals surface area contributed by atoms with Crippen LogP contribution in [0.1, 0.15) is 46.6 Å². The summed E-state index contributed by atoms with van der Waals surface area (Å²) in [5, 5.41) is 10.4. The molecule has 0 aliphatic carbocycles. The predicted molar refractivity (Wildman–Crippen MR) is 71.9 cm³/mol. The van der Waals surface area contributed by atoms with Gasteiger partial charge in [0.1, 0.15) is 4.88 Å². The molecule has 2 rings (SSSR count). The van der Waals surface area contributed by atoms with Crippen molar-refractivity contribution in [2.24, 2.45) is 0 Å². The van der Waals surface area contributed by atoms with Gasteiger partial charge in [-0.3, -0.25) is 4.79 Å². The van der Waals surface area contributed by atoms with Gasteiger partial charge in [0.25, 0.3) is 5.91 Å². The molecule has 1 amide bonds. The smallest absolute Gasteiger partial charge is 0.266 e. The van der Waals surface area contributed by atoms with E-state index in [0.717, 1.165) is 35.0 Å². The fourth-order valence-corrected chi connectivity index (χ4v) is 3.48. The summed E-state index contributed by atoms with van der Waals surface area (Å²) in [6.45, 7) is 6.39. The second-order valence-electron chi connectivity index (χ2n) is 5.03. The Bertz CT molecular complexity index is 442. The molecule has 4 nitrogen and oxygen atoms in total. The van der Waals surface area contributed by atoms with Gasteiger partial charge in [0.05, 0.1) is 16.8 Å². The Hall–Kier alpha value is -0.940. The number of amides is 1. The first-order valence-electron chi connectivity index (χ1n) is 6.42. The Morgan fingerprint density at radius 3 is 2.89 bits per heavy atom. The normalized spacial score (nSPS) is 21.3. The molecular formula is C13H20N2O2S. The third kappa shape index (κ3) is 2.72. The van der Waals surface area contributed by atoms with E-state index in [0.29, 0.717) is 6.42 Å². The molecule has 100 valence electrons. The van der Waals surface area contributed by atoms with E-state index in [1.807, 2.05) is 18.7 Å². The van der Waals surface area contributed by atoms with Crippen molar-refractivity contribution < 1.29 is 9.90 Å². The highest BCUT2D eigenvalue weighted by Crippen LogP contribution is 2.27. The van der Waals surface area contributed by atoms with Crippen LogP contribution >= 0.6 is 11.3 Å². The molecule has 2 unspecified atom stereocenters. The summed E-state index contributed by atoms with van der Waals surface area (Å²) in [4.78, 5) is 19.5. The minimum atomic E-state index is -0.354. The van der Waals surface area contributed by atoms with Crippen LogP contribution in [0.5, 0.6) is 0 Å². The molecule has 0 saturated carbocycles. The lowest BCUT2D eigenvalue weighted by atomic mass is 10.1. The van der Waals surface area contributed by atoms with E-state index in [-0.39, 0.29) is 18.1 Å². The largest absolute Gasteiger partial charge is 0.393 e. The Balaban J connectivity index is 2.15. The highest BCUT2D eigenvalue weighted by atomic mass is 32.1. The molecule has 0 aromatic carbocycles. The number of likely N-dealkylation sites (tertiary alicyclic amines) is 1. The molecule has 2 heterocycles. The third-order valence-corrected chi connectivity index (χ3v) is 4.41. The standard InChI is InChI=1S/C13H20N2O2S/c1-8(16)7-11-5-4-6-15(11)13(17)12-9(2)14-10(3)18-12/h8,11,16H,4-7H2,1-3H3. The zero-order valence-corrected chi connectivity index (χ0v) is 12.0. The predicted octanol–water partition coefficient (Wildman–Crippen LogP) is 2.14. The van der Waals surface area contributed by atoms with Crippen LogP contribution in [0, 0.1) is 13.8 Å². The number of thiazole rings is 1. The third-order valence-electron chi connectivity index (χ3n) is 3.35. The summed E-state index contributed by atoms with van der Waals surface area (Å²) in [6, 6.07) is 0.180.